The molecule has 1 atom stereocenters. The molecule has 0 radical (unpaired) electrons. The van der Waals surface area contributed by atoms with Crippen molar-refractivity contribution in [3.05, 3.63) is 63.9 Å². The Bertz CT molecular complexity index is 803. The molecule has 0 aliphatic carbocycles. The van der Waals surface area contributed by atoms with Gasteiger partial charge in [0.25, 0.3) is 5.91 Å². The van der Waals surface area contributed by atoms with Crippen molar-refractivity contribution in [2.24, 2.45) is 0 Å². The molecule has 0 heterocycles. The number of ether oxygens (including phenoxy) is 1. The maximum atomic E-state index is 13.1. The number of hydrogen-bond acceptors (Lipinski definition) is 3. The highest BCUT2D eigenvalue weighted by Gasteiger charge is 2.18. The SMILES string of the molecule is Cc1cc(Cl)cc(C)c1OC(C)C(=O)NNC(=O)Cc1cccc(F)c1. The molecule has 0 aliphatic heterocycles. The number of carbonyl (C=O) groups excluding carboxylic acids is 2. The fourth-order valence-corrected chi connectivity index (χ4v) is 2.75. The molecule has 0 saturated carbocycles. The Morgan fingerprint density at radius 2 is 1.81 bits per heavy atom. The molecule has 0 saturated heterocycles. The molecular weight excluding hydrogens is 359 g/mol. The zero-order valence-corrected chi connectivity index (χ0v) is 15.5. The Kier molecular flexibility index (Phi) is 6.58. The first-order valence-electron chi connectivity index (χ1n) is 8.03. The van der Waals surface area contributed by atoms with E-state index in [1.807, 2.05) is 13.8 Å². The van der Waals surface area contributed by atoms with Crippen LogP contribution < -0.4 is 15.6 Å². The summed E-state index contributed by atoms with van der Waals surface area (Å²) < 4.78 is 18.8. The molecule has 2 N–H and O–H groups in total. The van der Waals surface area contributed by atoms with Crippen LogP contribution in [0.25, 0.3) is 0 Å². The number of benzene rings is 2. The average molecular weight is 379 g/mol. The van der Waals surface area contributed by atoms with E-state index < -0.39 is 23.7 Å². The maximum absolute atomic E-state index is 13.1. The van der Waals surface area contributed by atoms with Gasteiger partial charge in [0.15, 0.2) is 6.10 Å². The lowest BCUT2D eigenvalue weighted by atomic mass is 10.1. The summed E-state index contributed by atoms with van der Waals surface area (Å²) in [5, 5.41) is 0.592. The molecule has 7 heteroatoms. The van der Waals surface area contributed by atoms with E-state index in [-0.39, 0.29) is 6.42 Å². The minimum Gasteiger partial charge on any atom is -0.480 e. The number of hydrazine groups is 1. The number of hydrogen-bond donors (Lipinski definition) is 2. The van der Waals surface area contributed by atoms with Crippen LogP contribution in [0.5, 0.6) is 5.75 Å². The molecule has 2 rings (SSSR count). The Morgan fingerprint density at radius 1 is 1.15 bits per heavy atom. The summed E-state index contributed by atoms with van der Waals surface area (Å²) in [6, 6.07) is 9.19. The van der Waals surface area contributed by atoms with Crippen LogP contribution in [0.2, 0.25) is 5.02 Å². The summed E-state index contributed by atoms with van der Waals surface area (Å²) in [6.45, 7) is 5.24. The largest absolute Gasteiger partial charge is 0.480 e. The van der Waals surface area contributed by atoms with Crippen LogP contribution >= 0.6 is 11.6 Å². The van der Waals surface area contributed by atoms with Gasteiger partial charge in [0.05, 0.1) is 6.42 Å². The van der Waals surface area contributed by atoms with Crippen LogP contribution in [0, 0.1) is 19.7 Å². The maximum Gasteiger partial charge on any atom is 0.279 e. The molecule has 5 nitrogen and oxygen atoms in total. The first kappa shape index (κ1) is 19.7. The molecule has 0 spiro atoms. The first-order chi connectivity index (χ1) is 12.3. The van der Waals surface area contributed by atoms with E-state index in [2.05, 4.69) is 10.9 Å². The van der Waals surface area contributed by atoms with Crippen molar-refractivity contribution in [1.29, 1.82) is 0 Å². The van der Waals surface area contributed by atoms with Gasteiger partial charge < -0.3 is 4.74 Å². The zero-order chi connectivity index (χ0) is 19.3. The molecule has 2 amide bonds. The van der Waals surface area contributed by atoms with Gasteiger partial charge in [0.2, 0.25) is 5.91 Å². The minimum atomic E-state index is -0.831. The Balaban J connectivity index is 1.88. The average Bonchev–Trinajstić information content (AvgIpc) is 2.55. The van der Waals surface area contributed by atoms with E-state index in [4.69, 9.17) is 16.3 Å². The molecule has 26 heavy (non-hydrogen) atoms. The van der Waals surface area contributed by atoms with Crippen molar-refractivity contribution < 1.29 is 18.7 Å². The molecule has 0 aromatic heterocycles. The Labute approximate surface area is 156 Å². The van der Waals surface area contributed by atoms with Gasteiger partial charge in [0, 0.05) is 5.02 Å². The van der Waals surface area contributed by atoms with Gasteiger partial charge in [-0.2, -0.15) is 0 Å². The lowest BCUT2D eigenvalue weighted by molar-refractivity contribution is -0.132. The van der Waals surface area contributed by atoms with Crippen LogP contribution in [-0.2, 0) is 16.0 Å². The van der Waals surface area contributed by atoms with Crippen LogP contribution in [-0.4, -0.2) is 17.9 Å². The van der Waals surface area contributed by atoms with Crippen molar-refractivity contribution in [2.45, 2.75) is 33.3 Å². The van der Waals surface area contributed by atoms with Crippen molar-refractivity contribution >= 4 is 23.4 Å². The highest BCUT2D eigenvalue weighted by Crippen LogP contribution is 2.27. The third kappa shape index (κ3) is 5.46. The minimum absolute atomic E-state index is 0.0529. The van der Waals surface area contributed by atoms with Gasteiger partial charge in [-0.05, 0) is 61.7 Å². The van der Waals surface area contributed by atoms with Crippen LogP contribution in [0.15, 0.2) is 36.4 Å². The summed E-state index contributed by atoms with van der Waals surface area (Å²) >= 11 is 5.98. The molecule has 2 aromatic carbocycles. The van der Waals surface area contributed by atoms with Crippen molar-refractivity contribution in [3.8, 4) is 5.75 Å². The third-order valence-corrected chi connectivity index (χ3v) is 3.89. The zero-order valence-electron chi connectivity index (χ0n) is 14.7. The molecule has 0 fully saturated rings. The van der Waals surface area contributed by atoms with Crippen LogP contribution in [0.1, 0.15) is 23.6 Å². The summed E-state index contributed by atoms with van der Waals surface area (Å²) in [5.41, 5.74) is 6.73. The number of carbonyl (C=O) groups is 2. The van der Waals surface area contributed by atoms with E-state index in [1.54, 1.807) is 25.1 Å². The molecule has 1 unspecified atom stereocenters. The van der Waals surface area contributed by atoms with Gasteiger partial charge in [-0.3, -0.25) is 20.4 Å². The standard InChI is InChI=1S/C19H20ClFN2O3/c1-11-7-15(20)8-12(2)18(11)26-13(3)19(25)23-22-17(24)10-14-5-4-6-16(21)9-14/h4-9,13H,10H2,1-3H3,(H,22,24)(H,23,25). The van der Waals surface area contributed by atoms with Gasteiger partial charge in [-0.15, -0.1) is 0 Å². The van der Waals surface area contributed by atoms with E-state index in [0.717, 1.165) is 11.1 Å². The van der Waals surface area contributed by atoms with E-state index >= 15 is 0 Å². The van der Waals surface area contributed by atoms with Gasteiger partial charge >= 0.3 is 0 Å². The van der Waals surface area contributed by atoms with Gasteiger partial charge in [-0.1, -0.05) is 23.7 Å². The smallest absolute Gasteiger partial charge is 0.279 e. The van der Waals surface area contributed by atoms with E-state index in [1.165, 1.54) is 18.2 Å². The van der Waals surface area contributed by atoms with Crippen molar-refractivity contribution in [2.75, 3.05) is 0 Å². The Morgan fingerprint density at radius 3 is 2.42 bits per heavy atom. The summed E-state index contributed by atoms with van der Waals surface area (Å²) in [5.74, 6) is -0.820. The third-order valence-electron chi connectivity index (χ3n) is 3.67. The van der Waals surface area contributed by atoms with Crippen LogP contribution in [0.4, 0.5) is 4.39 Å². The second kappa shape index (κ2) is 8.67. The predicted octanol–water partition coefficient (Wildman–Crippen LogP) is 3.25. The number of halogens is 2. The number of amides is 2. The second-order valence-corrected chi connectivity index (χ2v) is 6.41. The fraction of sp³-hybridized carbons (Fsp3) is 0.263. The van der Waals surface area contributed by atoms with Crippen molar-refractivity contribution in [1.82, 2.24) is 10.9 Å². The molecule has 138 valence electrons. The highest BCUT2D eigenvalue weighted by atomic mass is 35.5. The lowest BCUT2D eigenvalue weighted by Gasteiger charge is -2.18. The topological polar surface area (TPSA) is 67.4 Å². The highest BCUT2D eigenvalue weighted by molar-refractivity contribution is 6.30. The lowest BCUT2D eigenvalue weighted by Crippen LogP contribution is -2.47. The summed E-state index contributed by atoms with van der Waals surface area (Å²) in [7, 11) is 0. The van der Waals surface area contributed by atoms with Gasteiger partial charge in [0.1, 0.15) is 11.6 Å². The molecule has 0 bridgehead atoms. The first-order valence-corrected chi connectivity index (χ1v) is 8.40. The number of rotatable bonds is 5. The monoisotopic (exact) mass is 378 g/mol. The fourth-order valence-electron chi connectivity index (χ4n) is 2.42. The summed E-state index contributed by atoms with van der Waals surface area (Å²) in [4.78, 5) is 24.0. The predicted molar refractivity (Wildman–Crippen MR) is 97.4 cm³/mol. The molecule has 2 aromatic rings. The molecular formula is C19H20ClFN2O3. The molecule has 0 aliphatic rings. The number of aryl methyl sites for hydroxylation is 2. The normalized spacial score (nSPS) is 11.6. The van der Waals surface area contributed by atoms with Crippen molar-refractivity contribution in [3.63, 3.8) is 0 Å². The summed E-state index contributed by atoms with van der Waals surface area (Å²) in [6.07, 6.45) is -0.883. The van der Waals surface area contributed by atoms with Gasteiger partial charge in [-0.25, -0.2) is 4.39 Å². The quantitative estimate of drug-likeness (QED) is 0.785. The Hall–Kier alpha value is -2.60. The van der Waals surface area contributed by atoms with E-state index in [9.17, 15) is 14.0 Å². The number of nitrogens with one attached hydrogen (secondary N) is 2. The van der Waals surface area contributed by atoms with Crippen LogP contribution in [0.3, 0.4) is 0 Å². The van der Waals surface area contributed by atoms with E-state index in [0.29, 0.717) is 16.3 Å². The second-order valence-electron chi connectivity index (χ2n) is 5.97.